The van der Waals surface area contributed by atoms with Gasteiger partial charge in [0, 0.05) is 13.0 Å². The highest BCUT2D eigenvalue weighted by Crippen LogP contribution is 2.25. The zero-order valence-corrected chi connectivity index (χ0v) is 10.4. The molecule has 1 amide bonds. The van der Waals surface area contributed by atoms with Crippen molar-refractivity contribution >= 4 is 11.9 Å². The fraction of sp³-hybridized carbons (Fsp3) is 0.833. The van der Waals surface area contributed by atoms with Crippen molar-refractivity contribution < 1.29 is 14.3 Å². The average Bonchev–Trinajstić information content (AvgIpc) is 2.61. The average molecular weight is 227 g/mol. The van der Waals surface area contributed by atoms with Crippen LogP contribution in [0.5, 0.6) is 0 Å². The Labute approximate surface area is 96.9 Å². The lowest BCUT2D eigenvalue weighted by molar-refractivity contribution is -0.151. The first-order valence-electron chi connectivity index (χ1n) is 6.01. The normalized spacial score (nSPS) is 22.3. The second-order valence-corrected chi connectivity index (χ2v) is 4.35. The summed E-state index contributed by atoms with van der Waals surface area (Å²) in [5.74, 6) is 0.208. The molecule has 0 spiro atoms. The number of ether oxygens (including phenoxy) is 1. The van der Waals surface area contributed by atoms with E-state index in [-0.39, 0.29) is 17.9 Å². The van der Waals surface area contributed by atoms with E-state index in [1.165, 1.54) is 7.11 Å². The number of rotatable bonds is 5. The summed E-state index contributed by atoms with van der Waals surface area (Å²) in [5, 5.41) is 0. The Kier molecular flexibility index (Phi) is 4.77. The summed E-state index contributed by atoms with van der Waals surface area (Å²) in [5.41, 5.74) is 0. The fourth-order valence-corrected chi connectivity index (χ4v) is 2.36. The van der Waals surface area contributed by atoms with Crippen molar-refractivity contribution in [2.24, 2.45) is 5.92 Å². The lowest BCUT2D eigenvalue weighted by Gasteiger charge is -2.24. The predicted octanol–water partition coefficient (Wildman–Crippen LogP) is 1.59. The number of likely N-dealkylation sites (tertiary alicyclic amines) is 1. The van der Waals surface area contributed by atoms with Crippen LogP contribution in [0.1, 0.15) is 39.5 Å². The molecule has 1 aliphatic rings. The highest BCUT2D eigenvalue weighted by molar-refractivity contribution is 5.86. The van der Waals surface area contributed by atoms with Gasteiger partial charge in [-0.25, -0.2) is 4.79 Å². The molecule has 0 radical (unpaired) electrons. The van der Waals surface area contributed by atoms with Gasteiger partial charge >= 0.3 is 5.97 Å². The molecule has 0 aromatic heterocycles. The van der Waals surface area contributed by atoms with Gasteiger partial charge in [-0.1, -0.05) is 20.3 Å². The van der Waals surface area contributed by atoms with Gasteiger partial charge < -0.3 is 9.64 Å². The third kappa shape index (κ3) is 2.74. The molecule has 0 aromatic rings. The van der Waals surface area contributed by atoms with Gasteiger partial charge in [0.05, 0.1) is 7.11 Å². The van der Waals surface area contributed by atoms with Crippen LogP contribution >= 0.6 is 0 Å². The number of hydrogen-bond acceptors (Lipinski definition) is 3. The number of nitrogens with zero attached hydrogens (tertiary/aromatic N) is 1. The molecule has 1 rings (SSSR count). The van der Waals surface area contributed by atoms with Gasteiger partial charge in [-0.2, -0.15) is 0 Å². The van der Waals surface area contributed by atoms with Crippen LogP contribution in [-0.4, -0.2) is 36.5 Å². The van der Waals surface area contributed by atoms with Gasteiger partial charge in [0.2, 0.25) is 5.91 Å². The minimum absolute atomic E-state index is 0.0932. The minimum Gasteiger partial charge on any atom is -0.467 e. The molecule has 1 heterocycles. The van der Waals surface area contributed by atoms with Crippen molar-refractivity contribution in [2.45, 2.75) is 45.6 Å². The summed E-state index contributed by atoms with van der Waals surface area (Å²) in [6.07, 6.45) is 3.35. The molecule has 1 unspecified atom stereocenters. The van der Waals surface area contributed by atoms with Gasteiger partial charge in [-0.3, -0.25) is 4.79 Å². The van der Waals surface area contributed by atoms with Crippen molar-refractivity contribution in [1.29, 1.82) is 0 Å². The van der Waals surface area contributed by atoms with E-state index in [0.717, 1.165) is 12.8 Å². The van der Waals surface area contributed by atoms with Gasteiger partial charge in [-0.15, -0.1) is 0 Å². The third-order valence-electron chi connectivity index (χ3n) is 3.17. The Balaban J connectivity index is 2.65. The Morgan fingerprint density at radius 1 is 1.56 bits per heavy atom. The van der Waals surface area contributed by atoms with Gasteiger partial charge in [0.15, 0.2) is 0 Å². The highest BCUT2D eigenvalue weighted by Gasteiger charge is 2.36. The van der Waals surface area contributed by atoms with Crippen LogP contribution in [0.2, 0.25) is 0 Å². The third-order valence-corrected chi connectivity index (χ3v) is 3.17. The van der Waals surface area contributed by atoms with Crippen molar-refractivity contribution in [3.8, 4) is 0 Å². The molecule has 1 aliphatic heterocycles. The first kappa shape index (κ1) is 13.0. The maximum absolute atomic E-state index is 11.8. The fourth-order valence-electron chi connectivity index (χ4n) is 2.36. The highest BCUT2D eigenvalue weighted by atomic mass is 16.5. The maximum Gasteiger partial charge on any atom is 0.328 e. The summed E-state index contributed by atoms with van der Waals surface area (Å²) in [4.78, 5) is 25.0. The maximum atomic E-state index is 11.8. The molecule has 2 atom stereocenters. The Morgan fingerprint density at radius 3 is 2.75 bits per heavy atom. The summed E-state index contributed by atoms with van der Waals surface area (Å²) >= 11 is 0. The van der Waals surface area contributed by atoms with E-state index >= 15 is 0 Å². The van der Waals surface area contributed by atoms with E-state index < -0.39 is 0 Å². The predicted molar refractivity (Wildman–Crippen MR) is 60.8 cm³/mol. The van der Waals surface area contributed by atoms with E-state index in [4.69, 9.17) is 4.74 Å². The first-order valence-corrected chi connectivity index (χ1v) is 6.01. The SMILES string of the molecule is CCCC1CC(=O)N([C@@H](CC)C(=O)OC)C1. The Bertz CT molecular complexity index is 265. The zero-order chi connectivity index (χ0) is 12.1. The van der Waals surface area contributed by atoms with Gasteiger partial charge in [-0.05, 0) is 18.8 Å². The number of carbonyl (C=O) groups excluding carboxylic acids is 2. The number of esters is 1. The van der Waals surface area contributed by atoms with Crippen LogP contribution in [0.15, 0.2) is 0 Å². The molecule has 1 fully saturated rings. The quantitative estimate of drug-likeness (QED) is 0.670. The molecule has 0 saturated carbocycles. The summed E-state index contributed by atoms with van der Waals surface area (Å²) in [7, 11) is 1.37. The molecule has 0 aliphatic carbocycles. The van der Waals surface area contributed by atoms with Gasteiger partial charge in [0.1, 0.15) is 6.04 Å². The van der Waals surface area contributed by atoms with Crippen molar-refractivity contribution in [3.63, 3.8) is 0 Å². The molecule has 16 heavy (non-hydrogen) atoms. The van der Waals surface area contributed by atoms with E-state index in [1.54, 1.807) is 4.90 Å². The van der Waals surface area contributed by atoms with Crippen LogP contribution in [0.3, 0.4) is 0 Å². The largest absolute Gasteiger partial charge is 0.467 e. The number of amides is 1. The smallest absolute Gasteiger partial charge is 0.328 e. The lowest BCUT2D eigenvalue weighted by atomic mass is 10.0. The van der Waals surface area contributed by atoms with Crippen LogP contribution in [0, 0.1) is 5.92 Å². The summed E-state index contributed by atoms with van der Waals surface area (Å²) in [6.45, 7) is 4.73. The Hall–Kier alpha value is -1.06. The number of methoxy groups -OCH3 is 1. The van der Waals surface area contributed by atoms with Crippen LogP contribution in [0.4, 0.5) is 0 Å². The lowest BCUT2D eigenvalue weighted by Crippen LogP contribution is -2.42. The van der Waals surface area contributed by atoms with Crippen LogP contribution in [0.25, 0.3) is 0 Å². The molecule has 1 saturated heterocycles. The number of carbonyl (C=O) groups is 2. The number of hydrogen-bond donors (Lipinski definition) is 0. The zero-order valence-electron chi connectivity index (χ0n) is 10.4. The van der Waals surface area contributed by atoms with Gasteiger partial charge in [0.25, 0.3) is 0 Å². The van der Waals surface area contributed by atoms with Crippen LogP contribution in [-0.2, 0) is 14.3 Å². The standard InChI is InChI=1S/C12H21NO3/c1-4-6-9-7-11(14)13(8-9)10(5-2)12(15)16-3/h9-10H,4-8H2,1-3H3/t9?,10-/m0/s1. The van der Waals surface area contributed by atoms with Crippen molar-refractivity contribution in [3.05, 3.63) is 0 Å². The summed E-state index contributed by atoms with van der Waals surface area (Å²) < 4.78 is 4.73. The molecular formula is C12H21NO3. The monoisotopic (exact) mass is 227 g/mol. The van der Waals surface area contributed by atoms with E-state index in [2.05, 4.69) is 6.92 Å². The van der Waals surface area contributed by atoms with Crippen LogP contribution < -0.4 is 0 Å². The van der Waals surface area contributed by atoms with Crippen molar-refractivity contribution in [2.75, 3.05) is 13.7 Å². The summed E-state index contributed by atoms with van der Waals surface area (Å²) in [6, 6.07) is -0.389. The van der Waals surface area contributed by atoms with E-state index in [9.17, 15) is 9.59 Å². The van der Waals surface area contributed by atoms with E-state index in [0.29, 0.717) is 25.3 Å². The topological polar surface area (TPSA) is 46.6 Å². The minimum atomic E-state index is -0.389. The molecule has 0 bridgehead atoms. The van der Waals surface area contributed by atoms with E-state index in [1.807, 2.05) is 6.92 Å². The molecule has 4 nitrogen and oxygen atoms in total. The molecule has 0 aromatic carbocycles. The second kappa shape index (κ2) is 5.87. The molecule has 0 N–H and O–H groups in total. The Morgan fingerprint density at radius 2 is 2.25 bits per heavy atom. The van der Waals surface area contributed by atoms with Crippen molar-refractivity contribution in [1.82, 2.24) is 4.90 Å². The molecule has 4 heteroatoms. The molecular weight excluding hydrogens is 206 g/mol. The molecule has 92 valence electrons. The first-order chi connectivity index (χ1) is 7.63. The second-order valence-electron chi connectivity index (χ2n) is 4.35.